The fourth-order valence-electron chi connectivity index (χ4n) is 3.21. The second-order valence-electron chi connectivity index (χ2n) is 6.36. The summed E-state index contributed by atoms with van der Waals surface area (Å²) in [6.07, 6.45) is 5.85. The molecule has 3 rings (SSSR count). The van der Waals surface area contributed by atoms with Crippen LogP contribution in [0, 0.1) is 0 Å². The lowest BCUT2D eigenvalue weighted by molar-refractivity contribution is -0.121. The third-order valence-electron chi connectivity index (χ3n) is 4.52. The summed E-state index contributed by atoms with van der Waals surface area (Å²) >= 11 is 0. The number of hydrogen-bond donors (Lipinski definition) is 3. The Kier molecular flexibility index (Phi) is 5.42. The van der Waals surface area contributed by atoms with Gasteiger partial charge < -0.3 is 10.6 Å². The zero-order valence-corrected chi connectivity index (χ0v) is 14.0. The Morgan fingerprint density at radius 3 is 2.60 bits per heavy atom. The number of hydrogen-bond acceptors (Lipinski definition) is 4. The van der Waals surface area contributed by atoms with E-state index < -0.39 is 5.91 Å². The molecule has 0 radical (unpaired) electrons. The van der Waals surface area contributed by atoms with E-state index in [0.717, 1.165) is 25.7 Å². The Bertz CT molecular complexity index is 824. The molecular formula is C18H22N4O3. The topological polar surface area (TPSA) is 104 Å². The number of fused-ring (bicyclic) bond motifs is 1. The van der Waals surface area contributed by atoms with Crippen LogP contribution in [0.3, 0.4) is 0 Å². The van der Waals surface area contributed by atoms with Crippen LogP contribution in [0.15, 0.2) is 29.1 Å². The molecule has 1 aromatic heterocycles. The maximum absolute atomic E-state index is 12.3. The minimum Gasteiger partial charge on any atom is -0.353 e. The van der Waals surface area contributed by atoms with Gasteiger partial charge in [0.25, 0.3) is 11.5 Å². The normalized spacial score (nSPS) is 15.0. The summed E-state index contributed by atoms with van der Waals surface area (Å²) in [6, 6.07) is 7.07. The number of rotatable bonds is 5. The lowest BCUT2D eigenvalue weighted by atomic mass is 9.95. The minimum atomic E-state index is -0.405. The molecule has 3 N–H and O–H groups in total. The van der Waals surface area contributed by atoms with E-state index in [4.69, 9.17) is 0 Å². The molecule has 132 valence electrons. The van der Waals surface area contributed by atoms with Gasteiger partial charge in [-0.3, -0.25) is 14.4 Å². The van der Waals surface area contributed by atoms with Crippen molar-refractivity contribution in [1.82, 2.24) is 20.8 Å². The van der Waals surface area contributed by atoms with Gasteiger partial charge in [-0.15, -0.1) is 0 Å². The van der Waals surface area contributed by atoms with E-state index in [-0.39, 0.29) is 36.2 Å². The van der Waals surface area contributed by atoms with Crippen molar-refractivity contribution in [1.29, 1.82) is 0 Å². The van der Waals surface area contributed by atoms with Crippen molar-refractivity contribution in [3.63, 3.8) is 0 Å². The van der Waals surface area contributed by atoms with E-state index in [9.17, 15) is 14.4 Å². The van der Waals surface area contributed by atoms with Crippen LogP contribution in [-0.4, -0.2) is 34.6 Å². The Morgan fingerprint density at radius 2 is 1.84 bits per heavy atom. The lowest BCUT2D eigenvalue weighted by Crippen LogP contribution is -2.38. The van der Waals surface area contributed by atoms with Crippen LogP contribution in [0.5, 0.6) is 0 Å². The zero-order chi connectivity index (χ0) is 17.6. The van der Waals surface area contributed by atoms with Crippen LogP contribution in [0.25, 0.3) is 10.8 Å². The molecule has 2 aromatic rings. The van der Waals surface area contributed by atoms with Crippen molar-refractivity contribution in [3.05, 3.63) is 40.3 Å². The van der Waals surface area contributed by atoms with Crippen molar-refractivity contribution in [3.8, 4) is 0 Å². The summed E-state index contributed by atoms with van der Waals surface area (Å²) in [5.41, 5.74) is -0.179. The Morgan fingerprint density at radius 1 is 1.12 bits per heavy atom. The summed E-state index contributed by atoms with van der Waals surface area (Å²) < 4.78 is 0. The first-order chi connectivity index (χ1) is 12.1. The fraction of sp³-hybridized carbons (Fsp3) is 0.444. The third-order valence-corrected chi connectivity index (χ3v) is 4.52. The highest BCUT2D eigenvalue weighted by Crippen LogP contribution is 2.17. The highest BCUT2D eigenvalue weighted by molar-refractivity contribution is 6.04. The van der Waals surface area contributed by atoms with Gasteiger partial charge in [-0.1, -0.05) is 37.5 Å². The second kappa shape index (κ2) is 7.92. The summed E-state index contributed by atoms with van der Waals surface area (Å²) in [6.45, 7) is 0.229. The average Bonchev–Trinajstić information content (AvgIpc) is 2.63. The molecule has 7 heteroatoms. The summed E-state index contributed by atoms with van der Waals surface area (Å²) in [7, 11) is 0. The molecular weight excluding hydrogens is 320 g/mol. The number of aromatic amines is 1. The number of nitrogens with one attached hydrogen (secondary N) is 3. The van der Waals surface area contributed by atoms with Crippen LogP contribution >= 0.6 is 0 Å². The van der Waals surface area contributed by atoms with Crippen LogP contribution in [0.2, 0.25) is 0 Å². The first kappa shape index (κ1) is 17.1. The number of H-pyrrole nitrogens is 1. The molecule has 0 saturated heterocycles. The van der Waals surface area contributed by atoms with E-state index in [1.807, 2.05) is 0 Å². The number of amides is 2. The maximum atomic E-state index is 12.3. The van der Waals surface area contributed by atoms with E-state index in [0.29, 0.717) is 10.8 Å². The molecule has 1 heterocycles. The minimum absolute atomic E-state index is 0.0496. The molecule has 1 fully saturated rings. The van der Waals surface area contributed by atoms with Crippen LogP contribution in [0.1, 0.15) is 49.0 Å². The van der Waals surface area contributed by atoms with Gasteiger partial charge in [0.15, 0.2) is 5.69 Å². The van der Waals surface area contributed by atoms with Gasteiger partial charge in [0, 0.05) is 24.4 Å². The number of carbonyl (C=O) groups excluding carboxylic acids is 2. The quantitative estimate of drug-likeness (QED) is 0.766. The number of aromatic nitrogens is 2. The van der Waals surface area contributed by atoms with E-state index in [1.54, 1.807) is 24.3 Å². The SMILES string of the molecule is O=C(CCNC(=O)c1n[nH]c(=O)c2ccccc12)NC1CCCCC1. The smallest absolute Gasteiger partial charge is 0.272 e. The molecule has 0 aliphatic heterocycles. The van der Waals surface area contributed by atoms with Crippen LogP contribution in [-0.2, 0) is 4.79 Å². The molecule has 1 aliphatic carbocycles. The molecule has 1 aromatic carbocycles. The number of nitrogens with zero attached hydrogens (tertiary/aromatic N) is 1. The monoisotopic (exact) mass is 342 g/mol. The van der Waals surface area contributed by atoms with Gasteiger partial charge in [-0.25, -0.2) is 5.10 Å². The summed E-state index contributed by atoms with van der Waals surface area (Å²) in [4.78, 5) is 36.0. The zero-order valence-electron chi connectivity index (χ0n) is 14.0. The van der Waals surface area contributed by atoms with Gasteiger partial charge in [0.2, 0.25) is 5.91 Å². The van der Waals surface area contributed by atoms with E-state index >= 15 is 0 Å². The van der Waals surface area contributed by atoms with E-state index in [2.05, 4.69) is 20.8 Å². The van der Waals surface area contributed by atoms with E-state index in [1.165, 1.54) is 6.42 Å². The second-order valence-corrected chi connectivity index (χ2v) is 6.36. The van der Waals surface area contributed by atoms with Crippen molar-refractivity contribution in [2.24, 2.45) is 0 Å². The average molecular weight is 342 g/mol. The van der Waals surface area contributed by atoms with Crippen molar-refractivity contribution in [2.45, 2.75) is 44.6 Å². The third kappa shape index (κ3) is 4.23. The molecule has 0 atom stereocenters. The number of carbonyl (C=O) groups is 2. The molecule has 7 nitrogen and oxygen atoms in total. The van der Waals surface area contributed by atoms with Crippen molar-refractivity contribution in [2.75, 3.05) is 6.54 Å². The molecule has 0 unspecified atom stereocenters. The fourth-order valence-corrected chi connectivity index (χ4v) is 3.21. The molecule has 2 amide bonds. The predicted octanol–water partition coefficient (Wildman–Crippen LogP) is 1.49. The lowest BCUT2D eigenvalue weighted by Gasteiger charge is -2.22. The van der Waals surface area contributed by atoms with Crippen LogP contribution < -0.4 is 16.2 Å². The highest BCUT2D eigenvalue weighted by atomic mass is 16.2. The van der Waals surface area contributed by atoms with Gasteiger partial charge in [0.1, 0.15) is 0 Å². The Balaban J connectivity index is 1.55. The first-order valence-corrected chi connectivity index (χ1v) is 8.70. The van der Waals surface area contributed by atoms with Gasteiger partial charge in [-0.2, -0.15) is 5.10 Å². The number of benzene rings is 1. The molecule has 1 saturated carbocycles. The predicted molar refractivity (Wildman–Crippen MR) is 94.3 cm³/mol. The Hall–Kier alpha value is -2.70. The summed E-state index contributed by atoms with van der Waals surface area (Å²) in [5, 5.41) is 12.8. The largest absolute Gasteiger partial charge is 0.353 e. The van der Waals surface area contributed by atoms with Crippen molar-refractivity contribution < 1.29 is 9.59 Å². The van der Waals surface area contributed by atoms with Crippen molar-refractivity contribution >= 4 is 22.6 Å². The highest BCUT2D eigenvalue weighted by Gasteiger charge is 2.17. The molecule has 0 spiro atoms. The standard InChI is InChI=1S/C18H22N4O3/c23-15(20-12-6-2-1-3-7-12)10-11-19-18(25)16-13-8-4-5-9-14(13)17(24)22-21-16/h4-5,8-9,12H,1-3,6-7,10-11H2,(H,19,25)(H,20,23)(H,22,24). The van der Waals surface area contributed by atoms with Gasteiger partial charge in [-0.05, 0) is 18.9 Å². The summed E-state index contributed by atoms with van der Waals surface area (Å²) in [5.74, 6) is -0.454. The molecule has 25 heavy (non-hydrogen) atoms. The maximum Gasteiger partial charge on any atom is 0.272 e. The first-order valence-electron chi connectivity index (χ1n) is 8.70. The van der Waals surface area contributed by atoms with Crippen LogP contribution in [0.4, 0.5) is 0 Å². The van der Waals surface area contributed by atoms with Gasteiger partial charge >= 0.3 is 0 Å². The molecule has 1 aliphatic rings. The Labute approximate surface area is 145 Å². The van der Waals surface area contributed by atoms with Gasteiger partial charge in [0.05, 0.1) is 5.39 Å². The molecule has 0 bridgehead atoms.